The number of hydrogen-bond acceptors (Lipinski definition) is 1. The highest BCUT2D eigenvalue weighted by atomic mass is 16.4. The second-order valence-corrected chi connectivity index (χ2v) is 4.64. The zero-order valence-electron chi connectivity index (χ0n) is 10.8. The largest absolute Gasteiger partial charge is 0.478 e. The van der Waals surface area contributed by atoms with Crippen molar-refractivity contribution in [1.82, 2.24) is 0 Å². The van der Waals surface area contributed by atoms with Crippen LogP contribution in [0.5, 0.6) is 0 Å². The fraction of sp³-hybridized carbons (Fsp3) is 0.118. The van der Waals surface area contributed by atoms with Gasteiger partial charge < -0.3 is 5.11 Å². The third kappa shape index (κ3) is 2.29. The van der Waals surface area contributed by atoms with Crippen LogP contribution < -0.4 is 0 Å². The molecule has 0 saturated heterocycles. The molecule has 0 radical (unpaired) electrons. The van der Waals surface area contributed by atoms with Gasteiger partial charge in [-0.1, -0.05) is 67.2 Å². The molecule has 2 heteroatoms. The summed E-state index contributed by atoms with van der Waals surface area (Å²) in [6.45, 7) is 5.68. The minimum absolute atomic E-state index is 0.171. The van der Waals surface area contributed by atoms with Crippen LogP contribution >= 0.6 is 0 Å². The predicted molar refractivity (Wildman–Crippen MR) is 76.1 cm³/mol. The summed E-state index contributed by atoms with van der Waals surface area (Å²) in [6.07, 6.45) is 0. The molecule has 0 aliphatic rings. The van der Waals surface area contributed by atoms with Crippen molar-refractivity contribution >= 4 is 5.97 Å². The fourth-order valence-corrected chi connectivity index (χ4v) is 2.27. The molecule has 0 heterocycles. The topological polar surface area (TPSA) is 37.3 Å². The van der Waals surface area contributed by atoms with Gasteiger partial charge in [0.2, 0.25) is 0 Å². The van der Waals surface area contributed by atoms with E-state index in [9.17, 15) is 9.90 Å². The maximum absolute atomic E-state index is 11.4. The van der Waals surface area contributed by atoms with E-state index in [0.717, 1.165) is 11.1 Å². The van der Waals surface area contributed by atoms with Crippen molar-refractivity contribution in [1.29, 1.82) is 0 Å². The lowest BCUT2D eigenvalue weighted by molar-refractivity contribution is -0.133. The molecule has 0 unspecified atom stereocenters. The van der Waals surface area contributed by atoms with Gasteiger partial charge in [-0.3, -0.25) is 0 Å². The van der Waals surface area contributed by atoms with Crippen LogP contribution in [0.3, 0.4) is 0 Å². The van der Waals surface area contributed by atoms with Gasteiger partial charge in [0, 0.05) is 11.0 Å². The standard InChI is InChI=1S/C17H16O2/c1-13(16(18)19)17(2,14-9-5-3-6-10-14)15-11-7-4-8-12-15/h3-12H,1H2,2H3,(H,18,19). The lowest BCUT2D eigenvalue weighted by Crippen LogP contribution is -2.30. The van der Waals surface area contributed by atoms with Crippen LogP contribution in [-0.4, -0.2) is 11.1 Å². The van der Waals surface area contributed by atoms with Gasteiger partial charge in [0.25, 0.3) is 0 Å². The van der Waals surface area contributed by atoms with Crippen LogP contribution in [0.4, 0.5) is 0 Å². The van der Waals surface area contributed by atoms with Crippen LogP contribution in [0.2, 0.25) is 0 Å². The summed E-state index contributed by atoms with van der Waals surface area (Å²) in [7, 11) is 0. The van der Waals surface area contributed by atoms with Crippen molar-refractivity contribution in [2.24, 2.45) is 0 Å². The number of carbonyl (C=O) groups is 1. The lowest BCUT2D eigenvalue weighted by Gasteiger charge is -2.31. The normalized spacial score (nSPS) is 11.0. The monoisotopic (exact) mass is 252 g/mol. The maximum Gasteiger partial charge on any atom is 0.332 e. The first-order valence-electron chi connectivity index (χ1n) is 6.10. The Bertz CT molecular complexity index is 546. The molecule has 0 spiro atoms. The van der Waals surface area contributed by atoms with Crippen LogP contribution in [0.1, 0.15) is 18.1 Å². The van der Waals surface area contributed by atoms with Crippen LogP contribution in [0.15, 0.2) is 72.8 Å². The Balaban J connectivity index is 2.64. The van der Waals surface area contributed by atoms with Crippen LogP contribution in [0.25, 0.3) is 0 Å². The zero-order chi connectivity index (χ0) is 13.9. The molecule has 96 valence electrons. The smallest absolute Gasteiger partial charge is 0.332 e. The molecule has 1 N–H and O–H groups in total. The van der Waals surface area contributed by atoms with Gasteiger partial charge in [0.15, 0.2) is 0 Å². The van der Waals surface area contributed by atoms with E-state index in [4.69, 9.17) is 0 Å². The molecule has 2 aromatic carbocycles. The molecule has 0 aliphatic heterocycles. The van der Waals surface area contributed by atoms with Gasteiger partial charge in [0.05, 0.1) is 0 Å². The van der Waals surface area contributed by atoms with Crippen LogP contribution in [-0.2, 0) is 10.2 Å². The van der Waals surface area contributed by atoms with E-state index in [-0.39, 0.29) is 5.57 Å². The van der Waals surface area contributed by atoms with Gasteiger partial charge in [0.1, 0.15) is 0 Å². The second kappa shape index (κ2) is 5.11. The fourth-order valence-electron chi connectivity index (χ4n) is 2.27. The summed E-state index contributed by atoms with van der Waals surface area (Å²) in [5, 5.41) is 9.34. The Morgan fingerprint density at radius 1 is 0.947 bits per heavy atom. The van der Waals surface area contributed by atoms with E-state index in [2.05, 4.69) is 6.58 Å². The first kappa shape index (κ1) is 13.1. The summed E-state index contributed by atoms with van der Waals surface area (Å²) in [5.74, 6) is -0.977. The third-order valence-corrected chi connectivity index (χ3v) is 3.56. The lowest BCUT2D eigenvalue weighted by atomic mass is 9.71. The highest BCUT2D eigenvalue weighted by Crippen LogP contribution is 2.37. The first-order chi connectivity index (χ1) is 9.06. The Kier molecular flexibility index (Phi) is 3.52. The Labute approximate surface area is 113 Å². The van der Waals surface area contributed by atoms with Crippen molar-refractivity contribution < 1.29 is 9.90 Å². The Morgan fingerprint density at radius 2 is 1.32 bits per heavy atom. The van der Waals surface area contributed by atoms with Crippen molar-refractivity contribution in [3.8, 4) is 0 Å². The number of aliphatic carboxylic acids is 1. The minimum atomic E-state index is -0.977. The van der Waals surface area contributed by atoms with Gasteiger partial charge in [-0.15, -0.1) is 0 Å². The summed E-state index contributed by atoms with van der Waals surface area (Å²) < 4.78 is 0. The number of rotatable bonds is 4. The molecular weight excluding hydrogens is 236 g/mol. The summed E-state index contributed by atoms with van der Waals surface area (Å²) >= 11 is 0. The first-order valence-corrected chi connectivity index (χ1v) is 6.10. The van der Waals surface area contributed by atoms with E-state index in [1.54, 1.807) is 0 Å². The van der Waals surface area contributed by atoms with Crippen molar-refractivity contribution in [3.05, 3.63) is 83.9 Å². The van der Waals surface area contributed by atoms with Gasteiger partial charge in [-0.05, 0) is 18.1 Å². The quantitative estimate of drug-likeness (QED) is 0.844. The molecule has 2 aromatic rings. The van der Waals surface area contributed by atoms with E-state index in [0.29, 0.717) is 0 Å². The number of carboxylic acids is 1. The van der Waals surface area contributed by atoms with E-state index in [1.807, 2.05) is 67.6 Å². The summed E-state index contributed by atoms with van der Waals surface area (Å²) in [4.78, 5) is 11.4. The molecule has 2 rings (SSSR count). The van der Waals surface area contributed by atoms with E-state index >= 15 is 0 Å². The molecule has 0 saturated carbocycles. The number of benzene rings is 2. The molecular formula is C17H16O2. The molecule has 0 fully saturated rings. The Hall–Kier alpha value is -2.35. The predicted octanol–water partition coefficient (Wildman–Crippen LogP) is 3.63. The average Bonchev–Trinajstić information content (AvgIpc) is 2.47. The highest BCUT2D eigenvalue weighted by Gasteiger charge is 2.35. The second-order valence-electron chi connectivity index (χ2n) is 4.64. The molecule has 0 aliphatic carbocycles. The molecule has 0 aromatic heterocycles. The SMILES string of the molecule is C=C(C(=O)O)C(C)(c1ccccc1)c1ccccc1. The highest BCUT2D eigenvalue weighted by molar-refractivity contribution is 5.90. The van der Waals surface area contributed by atoms with Crippen LogP contribution in [0, 0.1) is 0 Å². The molecule has 2 nitrogen and oxygen atoms in total. The van der Waals surface area contributed by atoms with Gasteiger partial charge in [-0.25, -0.2) is 4.79 Å². The van der Waals surface area contributed by atoms with Gasteiger partial charge in [-0.2, -0.15) is 0 Å². The van der Waals surface area contributed by atoms with Crippen molar-refractivity contribution in [2.45, 2.75) is 12.3 Å². The number of carboxylic acid groups (broad SMARTS) is 1. The molecule has 0 bridgehead atoms. The van der Waals surface area contributed by atoms with Gasteiger partial charge >= 0.3 is 5.97 Å². The van der Waals surface area contributed by atoms with Crippen molar-refractivity contribution in [2.75, 3.05) is 0 Å². The maximum atomic E-state index is 11.4. The Morgan fingerprint density at radius 3 is 1.63 bits per heavy atom. The molecule has 0 atom stereocenters. The van der Waals surface area contributed by atoms with E-state index < -0.39 is 11.4 Å². The third-order valence-electron chi connectivity index (χ3n) is 3.56. The van der Waals surface area contributed by atoms with E-state index in [1.165, 1.54) is 0 Å². The molecule has 0 amide bonds. The average molecular weight is 252 g/mol. The summed E-state index contributed by atoms with van der Waals surface area (Å²) in [6, 6.07) is 19.2. The molecule has 19 heavy (non-hydrogen) atoms. The minimum Gasteiger partial charge on any atom is -0.478 e. The van der Waals surface area contributed by atoms with Crippen molar-refractivity contribution in [3.63, 3.8) is 0 Å². The zero-order valence-corrected chi connectivity index (χ0v) is 10.8. The summed E-state index contributed by atoms with van der Waals surface area (Å²) in [5.41, 5.74) is 1.29. The number of hydrogen-bond donors (Lipinski definition) is 1.